The molecular formula is C20H23N7O3S2. The van der Waals surface area contributed by atoms with Crippen molar-refractivity contribution < 1.29 is 13.5 Å². The predicted octanol–water partition coefficient (Wildman–Crippen LogP) is 2.42. The van der Waals surface area contributed by atoms with E-state index in [1.165, 1.54) is 15.6 Å². The number of hydrogen-bond donors (Lipinski definition) is 3. The number of benzene rings is 1. The zero-order valence-electron chi connectivity index (χ0n) is 16.3. The fraction of sp³-hybridized carbons (Fsp3) is 0.250. The molecule has 3 N–H and O–H groups in total. The van der Waals surface area contributed by atoms with Gasteiger partial charge in [0.1, 0.15) is 11.4 Å². The Balaban J connectivity index is 0.00000245. The van der Waals surface area contributed by atoms with Gasteiger partial charge < -0.3 is 10.4 Å². The average molecular weight is 474 g/mol. The largest absolute Gasteiger partial charge is 0.508 e. The minimum Gasteiger partial charge on any atom is -0.508 e. The summed E-state index contributed by atoms with van der Waals surface area (Å²) in [5, 5.41) is 15.0. The van der Waals surface area contributed by atoms with Gasteiger partial charge in [0.15, 0.2) is 4.96 Å². The maximum Gasteiger partial charge on any atom is 0.279 e. The van der Waals surface area contributed by atoms with Crippen LogP contribution < -0.4 is 10.0 Å². The van der Waals surface area contributed by atoms with Crippen molar-refractivity contribution in [2.75, 3.05) is 31.5 Å². The number of imidazole rings is 1. The van der Waals surface area contributed by atoms with Crippen LogP contribution in [0.4, 0.5) is 5.95 Å². The van der Waals surface area contributed by atoms with Gasteiger partial charge in [-0.25, -0.2) is 19.7 Å². The molecule has 168 valence electrons. The highest BCUT2D eigenvalue weighted by Gasteiger charge is 2.27. The number of nitrogens with one attached hydrogen (secondary N) is 2. The molecule has 4 aromatic rings. The van der Waals surface area contributed by atoms with E-state index in [4.69, 9.17) is 4.98 Å². The first-order chi connectivity index (χ1) is 15.0. The number of aromatic hydroxyl groups is 1. The summed E-state index contributed by atoms with van der Waals surface area (Å²) in [5.41, 5.74) is 2.95. The van der Waals surface area contributed by atoms with Crippen LogP contribution in [0.2, 0.25) is 0 Å². The second kappa shape index (κ2) is 8.82. The van der Waals surface area contributed by atoms with Gasteiger partial charge in [0.2, 0.25) is 5.95 Å². The van der Waals surface area contributed by atoms with Crippen LogP contribution in [0.25, 0.3) is 27.6 Å². The summed E-state index contributed by atoms with van der Waals surface area (Å²) in [6.45, 7) is 1.57. The third kappa shape index (κ3) is 4.17. The molecule has 0 saturated carbocycles. The molecule has 0 spiro atoms. The Morgan fingerprint density at radius 2 is 2.12 bits per heavy atom. The van der Waals surface area contributed by atoms with E-state index in [1.54, 1.807) is 30.5 Å². The summed E-state index contributed by atoms with van der Waals surface area (Å²) in [5.74, 6) is 0.560. The first-order valence-corrected chi connectivity index (χ1v) is 11.9. The predicted molar refractivity (Wildman–Crippen MR) is 125 cm³/mol. The molecule has 12 heteroatoms. The van der Waals surface area contributed by atoms with Crippen molar-refractivity contribution in [2.24, 2.45) is 0 Å². The summed E-state index contributed by atoms with van der Waals surface area (Å²) in [7, 11) is -3.37. The molecule has 32 heavy (non-hydrogen) atoms. The number of nitrogens with zero attached hydrogens (tertiary/aromatic N) is 5. The molecule has 0 amide bonds. The fourth-order valence-electron chi connectivity index (χ4n) is 3.50. The van der Waals surface area contributed by atoms with Gasteiger partial charge >= 0.3 is 0 Å². The highest BCUT2D eigenvalue weighted by molar-refractivity contribution is 7.87. The second-order valence-corrected chi connectivity index (χ2v) is 9.53. The summed E-state index contributed by atoms with van der Waals surface area (Å²) >= 11 is 1.51. The quantitative estimate of drug-likeness (QED) is 0.393. The van der Waals surface area contributed by atoms with Crippen LogP contribution in [-0.2, 0) is 10.2 Å². The van der Waals surface area contributed by atoms with Crippen LogP contribution in [0.3, 0.4) is 0 Å². The van der Waals surface area contributed by atoms with Crippen molar-refractivity contribution in [1.29, 1.82) is 0 Å². The Morgan fingerprint density at radius 3 is 2.91 bits per heavy atom. The molecule has 0 aliphatic carbocycles. The number of anilines is 1. The molecule has 1 fully saturated rings. The van der Waals surface area contributed by atoms with E-state index in [2.05, 4.69) is 20.0 Å². The smallest absolute Gasteiger partial charge is 0.279 e. The fourth-order valence-corrected chi connectivity index (χ4v) is 5.41. The van der Waals surface area contributed by atoms with Crippen LogP contribution in [0.1, 0.15) is 7.43 Å². The van der Waals surface area contributed by atoms with E-state index in [1.807, 2.05) is 22.0 Å². The summed E-state index contributed by atoms with van der Waals surface area (Å²) in [4.78, 5) is 14.4. The van der Waals surface area contributed by atoms with Crippen molar-refractivity contribution in [3.05, 3.63) is 48.1 Å². The van der Waals surface area contributed by atoms with E-state index in [0.29, 0.717) is 43.5 Å². The van der Waals surface area contributed by atoms with Crippen molar-refractivity contribution in [1.82, 2.24) is 28.4 Å². The monoisotopic (exact) mass is 473 g/mol. The van der Waals surface area contributed by atoms with Gasteiger partial charge in [0.25, 0.3) is 10.2 Å². The normalized spacial score (nSPS) is 15.6. The molecule has 0 unspecified atom stereocenters. The summed E-state index contributed by atoms with van der Waals surface area (Å²) in [6, 6.07) is 8.75. The van der Waals surface area contributed by atoms with Gasteiger partial charge in [0, 0.05) is 49.5 Å². The lowest BCUT2D eigenvalue weighted by Gasteiger charge is -2.13. The molecule has 4 heterocycles. The highest BCUT2D eigenvalue weighted by Crippen LogP contribution is 2.34. The van der Waals surface area contributed by atoms with E-state index in [0.717, 1.165) is 16.2 Å². The molecule has 5 rings (SSSR count). The number of phenolic OH excluding ortho intramolecular Hbond substituents is 1. The van der Waals surface area contributed by atoms with Gasteiger partial charge in [-0.2, -0.15) is 12.7 Å². The van der Waals surface area contributed by atoms with Crippen LogP contribution in [0, 0.1) is 0 Å². The zero-order chi connectivity index (χ0) is 21.4. The molecule has 10 nitrogen and oxygen atoms in total. The lowest BCUT2D eigenvalue weighted by Crippen LogP contribution is -2.33. The van der Waals surface area contributed by atoms with Crippen molar-refractivity contribution in [3.63, 3.8) is 0 Å². The summed E-state index contributed by atoms with van der Waals surface area (Å²) in [6.07, 6.45) is 3.58. The SMILES string of the molecule is C.O=S1(=O)NCCN1CCNc1nccc(-c2c(-c3cccc(O)c3)nc3sccn23)n1. The molecule has 1 aromatic carbocycles. The topological polar surface area (TPSA) is 125 Å². The average Bonchev–Trinajstić information content (AvgIpc) is 3.42. The molecule has 0 atom stereocenters. The number of rotatable bonds is 6. The van der Waals surface area contributed by atoms with Crippen molar-refractivity contribution >= 4 is 32.5 Å². The second-order valence-electron chi connectivity index (χ2n) is 6.91. The third-order valence-electron chi connectivity index (χ3n) is 4.91. The molecule has 0 bridgehead atoms. The first-order valence-electron chi connectivity index (χ1n) is 9.58. The highest BCUT2D eigenvalue weighted by atomic mass is 32.2. The Morgan fingerprint density at radius 1 is 1.25 bits per heavy atom. The molecular weight excluding hydrogens is 450 g/mol. The minimum absolute atomic E-state index is 0. The van der Waals surface area contributed by atoms with Crippen molar-refractivity contribution in [3.8, 4) is 28.4 Å². The standard InChI is InChI=1S/C19H19N7O3S2.CH4/c27-14-3-1-2-13(12-14)16-17(26-10-11-30-19(26)24-16)15-4-5-20-18(23-15)21-6-8-25-9-7-22-31(25,28)29;/h1-5,10-12,22,27H,6-9H2,(H,20,21,23);1H4. The van der Waals surface area contributed by atoms with E-state index in [-0.39, 0.29) is 13.2 Å². The van der Waals surface area contributed by atoms with E-state index >= 15 is 0 Å². The Labute approximate surface area is 189 Å². The molecule has 1 aliphatic heterocycles. The summed E-state index contributed by atoms with van der Waals surface area (Å²) < 4.78 is 29.5. The van der Waals surface area contributed by atoms with Crippen LogP contribution in [0.15, 0.2) is 48.1 Å². The molecule has 3 aromatic heterocycles. The maximum absolute atomic E-state index is 11.8. The minimum atomic E-state index is -3.37. The lowest BCUT2D eigenvalue weighted by atomic mass is 10.1. The number of fused-ring (bicyclic) bond motifs is 1. The molecule has 1 saturated heterocycles. The van der Waals surface area contributed by atoms with E-state index < -0.39 is 10.2 Å². The number of aromatic nitrogens is 4. The van der Waals surface area contributed by atoms with Gasteiger partial charge in [-0.15, -0.1) is 11.3 Å². The zero-order valence-corrected chi connectivity index (χ0v) is 17.9. The molecule has 1 aliphatic rings. The van der Waals surface area contributed by atoms with Gasteiger partial charge in [-0.3, -0.25) is 4.40 Å². The van der Waals surface area contributed by atoms with Gasteiger partial charge in [0.05, 0.1) is 11.4 Å². The third-order valence-corrected chi connectivity index (χ3v) is 7.28. The Hall–Kier alpha value is -3.06. The number of thiazole rings is 1. The van der Waals surface area contributed by atoms with Gasteiger partial charge in [-0.1, -0.05) is 19.6 Å². The number of phenols is 1. The van der Waals surface area contributed by atoms with Gasteiger partial charge in [-0.05, 0) is 18.2 Å². The first kappa shape index (κ1) is 22.1. The van der Waals surface area contributed by atoms with Crippen LogP contribution in [0.5, 0.6) is 5.75 Å². The van der Waals surface area contributed by atoms with Crippen LogP contribution in [-0.4, -0.2) is 63.4 Å². The lowest BCUT2D eigenvalue weighted by molar-refractivity contribution is 0.461. The molecule has 0 radical (unpaired) electrons. The van der Waals surface area contributed by atoms with E-state index in [9.17, 15) is 13.5 Å². The Kier molecular flexibility index (Phi) is 6.11. The van der Waals surface area contributed by atoms with Crippen molar-refractivity contribution in [2.45, 2.75) is 7.43 Å². The van der Waals surface area contributed by atoms with Crippen LogP contribution >= 0.6 is 11.3 Å². The Bertz CT molecular complexity index is 1350. The maximum atomic E-state index is 11.8. The number of hydrogen-bond acceptors (Lipinski definition) is 8.